The van der Waals surface area contributed by atoms with Crippen molar-refractivity contribution in [2.75, 3.05) is 7.11 Å². The topological polar surface area (TPSA) is 26.3 Å². The van der Waals surface area contributed by atoms with Crippen molar-refractivity contribution in [3.8, 4) is 5.75 Å². The number of carbonyl (C=O) groups is 1. The van der Waals surface area contributed by atoms with Crippen LogP contribution in [-0.4, -0.2) is 12.9 Å². The van der Waals surface area contributed by atoms with E-state index in [4.69, 9.17) is 4.74 Å². The molecule has 1 aromatic carbocycles. The van der Waals surface area contributed by atoms with Crippen molar-refractivity contribution in [1.29, 1.82) is 0 Å². The summed E-state index contributed by atoms with van der Waals surface area (Å²) in [6.07, 6.45) is 1.33. The molecule has 3 rings (SSSR count). The number of hydrogen-bond donors (Lipinski definition) is 0. The predicted octanol–water partition coefficient (Wildman–Crippen LogP) is 4.79. The molecule has 0 fully saturated rings. The first-order valence-corrected chi connectivity index (χ1v) is 8.09. The molecule has 0 spiro atoms. The number of thiophene rings is 2. The summed E-state index contributed by atoms with van der Waals surface area (Å²) in [5, 5.41) is 2.06. The largest absolute Gasteiger partial charge is 0.497 e. The lowest BCUT2D eigenvalue weighted by atomic mass is 10.1. The van der Waals surface area contributed by atoms with Crippen molar-refractivity contribution in [3.05, 3.63) is 52.2 Å². The van der Waals surface area contributed by atoms with Gasteiger partial charge in [0, 0.05) is 15.8 Å². The zero-order valence-electron chi connectivity index (χ0n) is 11.1. The minimum absolute atomic E-state index is 0.231. The Morgan fingerprint density at radius 1 is 1.15 bits per heavy atom. The highest BCUT2D eigenvalue weighted by Crippen LogP contribution is 2.30. The van der Waals surface area contributed by atoms with Gasteiger partial charge in [-0.05, 0) is 41.6 Å². The van der Waals surface area contributed by atoms with Crippen LogP contribution in [0.2, 0.25) is 0 Å². The number of ether oxygens (including phenoxy) is 1. The van der Waals surface area contributed by atoms with Crippen LogP contribution in [0.25, 0.3) is 9.40 Å². The fraction of sp³-hybridized carbons (Fsp3) is 0.188. The minimum Gasteiger partial charge on any atom is -0.497 e. The molecule has 0 atom stereocenters. The van der Waals surface area contributed by atoms with Gasteiger partial charge in [-0.1, -0.05) is 12.1 Å². The highest BCUT2D eigenvalue weighted by atomic mass is 32.1. The van der Waals surface area contributed by atoms with Crippen molar-refractivity contribution in [3.63, 3.8) is 0 Å². The van der Waals surface area contributed by atoms with E-state index in [2.05, 4.69) is 11.4 Å². The number of ketones is 1. The van der Waals surface area contributed by atoms with Crippen LogP contribution < -0.4 is 4.74 Å². The Morgan fingerprint density at radius 2 is 1.95 bits per heavy atom. The zero-order valence-corrected chi connectivity index (χ0v) is 12.7. The average molecular weight is 302 g/mol. The van der Waals surface area contributed by atoms with E-state index in [1.807, 2.05) is 30.3 Å². The molecule has 2 heterocycles. The van der Waals surface area contributed by atoms with Gasteiger partial charge in [-0.2, -0.15) is 0 Å². The van der Waals surface area contributed by atoms with E-state index in [9.17, 15) is 4.79 Å². The van der Waals surface area contributed by atoms with Gasteiger partial charge >= 0.3 is 0 Å². The molecule has 0 unspecified atom stereocenters. The number of fused-ring (bicyclic) bond motifs is 1. The molecular formula is C16H14O2S2. The number of Topliss-reactive ketones (excluding diaryl/α,β-unsaturated/α-hetero) is 1. The maximum Gasteiger partial charge on any atom is 0.173 e. The fourth-order valence-electron chi connectivity index (χ4n) is 2.08. The lowest BCUT2D eigenvalue weighted by Gasteiger charge is -2.02. The predicted molar refractivity (Wildman–Crippen MR) is 85.3 cm³/mol. The van der Waals surface area contributed by atoms with Gasteiger partial charge in [0.25, 0.3) is 0 Å². The van der Waals surface area contributed by atoms with E-state index in [0.717, 1.165) is 22.6 Å². The van der Waals surface area contributed by atoms with Crippen LogP contribution in [0.15, 0.2) is 41.8 Å². The van der Waals surface area contributed by atoms with E-state index in [0.29, 0.717) is 6.42 Å². The fourth-order valence-corrected chi connectivity index (χ4v) is 4.15. The number of carbonyl (C=O) groups excluding carboxylic acids is 1. The molecule has 0 saturated carbocycles. The second kappa shape index (κ2) is 5.77. The van der Waals surface area contributed by atoms with Crippen LogP contribution >= 0.6 is 22.7 Å². The van der Waals surface area contributed by atoms with Gasteiger partial charge in [0.2, 0.25) is 0 Å². The van der Waals surface area contributed by atoms with Crippen molar-refractivity contribution >= 4 is 37.9 Å². The second-order valence-electron chi connectivity index (χ2n) is 4.53. The van der Waals surface area contributed by atoms with Gasteiger partial charge in [0.15, 0.2) is 5.78 Å². The Bertz CT molecular complexity index is 694. The quantitative estimate of drug-likeness (QED) is 0.634. The van der Waals surface area contributed by atoms with Crippen LogP contribution in [0.3, 0.4) is 0 Å². The van der Waals surface area contributed by atoms with Crippen molar-refractivity contribution in [2.24, 2.45) is 0 Å². The molecule has 0 aliphatic carbocycles. The first-order chi connectivity index (χ1) is 9.76. The van der Waals surface area contributed by atoms with E-state index in [1.54, 1.807) is 29.8 Å². The molecule has 0 N–H and O–H groups in total. The van der Waals surface area contributed by atoms with Crippen LogP contribution in [0.4, 0.5) is 0 Å². The van der Waals surface area contributed by atoms with Crippen LogP contribution in [-0.2, 0) is 6.42 Å². The Balaban J connectivity index is 1.65. The molecule has 0 radical (unpaired) electrons. The average Bonchev–Trinajstić information content (AvgIpc) is 3.06. The first kappa shape index (κ1) is 13.3. The molecule has 0 aliphatic rings. The Hall–Kier alpha value is -1.65. The molecule has 0 aliphatic heterocycles. The van der Waals surface area contributed by atoms with Gasteiger partial charge in [-0.3, -0.25) is 4.79 Å². The van der Waals surface area contributed by atoms with Gasteiger partial charge < -0.3 is 4.74 Å². The summed E-state index contributed by atoms with van der Waals surface area (Å²) >= 11 is 3.28. The number of hydrogen-bond acceptors (Lipinski definition) is 4. The monoisotopic (exact) mass is 302 g/mol. The summed E-state index contributed by atoms with van der Waals surface area (Å²) < 4.78 is 7.55. The Kier molecular flexibility index (Phi) is 3.85. The molecule has 3 aromatic rings. The Morgan fingerprint density at radius 3 is 2.65 bits per heavy atom. The third kappa shape index (κ3) is 2.76. The highest BCUT2D eigenvalue weighted by Gasteiger charge is 2.11. The third-order valence-electron chi connectivity index (χ3n) is 3.21. The van der Waals surface area contributed by atoms with Gasteiger partial charge in [-0.15, -0.1) is 22.7 Å². The van der Waals surface area contributed by atoms with Gasteiger partial charge in [-0.25, -0.2) is 0 Å². The molecule has 2 nitrogen and oxygen atoms in total. The summed E-state index contributed by atoms with van der Waals surface area (Å²) in [7, 11) is 1.65. The molecule has 4 heteroatoms. The second-order valence-corrected chi connectivity index (χ2v) is 6.56. The molecular weight excluding hydrogens is 288 g/mol. The van der Waals surface area contributed by atoms with E-state index in [1.165, 1.54) is 9.40 Å². The summed E-state index contributed by atoms with van der Waals surface area (Å²) in [5.74, 6) is 1.08. The molecule has 0 saturated heterocycles. The van der Waals surface area contributed by atoms with Crippen molar-refractivity contribution < 1.29 is 9.53 Å². The summed E-state index contributed by atoms with van der Waals surface area (Å²) in [4.78, 5) is 13.1. The number of aryl methyl sites for hydroxylation is 1. The summed E-state index contributed by atoms with van der Waals surface area (Å²) in [6.45, 7) is 0. The van der Waals surface area contributed by atoms with E-state index in [-0.39, 0.29) is 5.78 Å². The zero-order chi connectivity index (χ0) is 13.9. The van der Waals surface area contributed by atoms with Crippen LogP contribution in [0.1, 0.15) is 21.7 Å². The molecule has 102 valence electrons. The highest BCUT2D eigenvalue weighted by molar-refractivity contribution is 7.27. The third-order valence-corrected chi connectivity index (χ3v) is 5.35. The van der Waals surface area contributed by atoms with Crippen molar-refractivity contribution in [2.45, 2.75) is 12.8 Å². The van der Waals surface area contributed by atoms with E-state index >= 15 is 0 Å². The first-order valence-electron chi connectivity index (χ1n) is 6.39. The van der Waals surface area contributed by atoms with Crippen LogP contribution in [0, 0.1) is 0 Å². The summed E-state index contributed by atoms with van der Waals surface area (Å²) in [5.41, 5.74) is 1.16. The van der Waals surface area contributed by atoms with Crippen LogP contribution in [0.5, 0.6) is 5.75 Å². The molecule has 20 heavy (non-hydrogen) atoms. The maximum absolute atomic E-state index is 12.2. The van der Waals surface area contributed by atoms with Gasteiger partial charge in [0.1, 0.15) is 5.75 Å². The molecule has 2 aromatic heterocycles. The number of rotatable bonds is 5. The Labute approximate surface area is 125 Å². The normalized spacial score (nSPS) is 10.8. The van der Waals surface area contributed by atoms with Gasteiger partial charge in [0.05, 0.1) is 12.0 Å². The lowest BCUT2D eigenvalue weighted by molar-refractivity contribution is 0.0987. The van der Waals surface area contributed by atoms with E-state index < -0.39 is 0 Å². The smallest absolute Gasteiger partial charge is 0.173 e. The standard InChI is InChI=1S/C16H14O2S2/c1-18-12-5-2-11(3-6-12)4-7-13(17)15-10-16-14(20-15)8-9-19-16/h2-3,5-6,8-10H,4,7H2,1H3. The SMILES string of the molecule is COc1ccc(CCC(=O)c2cc3sccc3s2)cc1. The summed E-state index contributed by atoms with van der Waals surface area (Å²) in [6, 6.07) is 12.0. The minimum atomic E-state index is 0.231. The van der Waals surface area contributed by atoms with Crippen molar-refractivity contribution in [1.82, 2.24) is 0 Å². The maximum atomic E-state index is 12.2. The number of methoxy groups -OCH3 is 1. The number of benzene rings is 1. The molecule has 0 amide bonds. The lowest BCUT2D eigenvalue weighted by Crippen LogP contribution is -1.98. The molecule has 0 bridgehead atoms.